The fourth-order valence-electron chi connectivity index (χ4n) is 2.93. The van der Waals surface area contributed by atoms with Crippen molar-refractivity contribution in [3.8, 4) is 0 Å². The van der Waals surface area contributed by atoms with Crippen LogP contribution in [-0.4, -0.2) is 27.0 Å². The van der Waals surface area contributed by atoms with Crippen LogP contribution >= 0.6 is 0 Å². The summed E-state index contributed by atoms with van der Waals surface area (Å²) in [6.07, 6.45) is 2.07. The Kier molecular flexibility index (Phi) is 5.47. The van der Waals surface area contributed by atoms with Crippen molar-refractivity contribution in [2.45, 2.75) is 45.4 Å². The standard InChI is InChI=1S/C18H22N2O5/c1-13-9-19(16-8-7-15(10-21)25-16)18(23)20(17(13)22)12-24-11-14-5-3-2-4-6-14/h2-6,9,15-16,21H,7-8,10-12H2,1H3/t15-,16+/m0/s1. The lowest BCUT2D eigenvalue weighted by Crippen LogP contribution is -2.42. The molecule has 3 rings (SSSR count). The predicted octanol–water partition coefficient (Wildman–Crippen LogP) is 1.16. The van der Waals surface area contributed by atoms with Gasteiger partial charge in [0.25, 0.3) is 5.56 Å². The van der Waals surface area contributed by atoms with E-state index in [9.17, 15) is 14.7 Å². The zero-order valence-corrected chi connectivity index (χ0v) is 14.1. The molecule has 1 saturated heterocycles. The first-order valence-corrected chi connectivity index (χ1v) is 8.30. The third-order valence-corrected chi connectivity index (χ3v) is 4.30. The van der Waals surface area contributed by atoms with Crippen LogP contribution in [0.1, 0.15) is 30.2 Å². The average molecular weight is 346 g/mol. The fourth-order valence-corrected chi connectivity index (χ4v) is 2.93. The van der Waals surface area contributed by atoms with Gasteiger partial charge in [0, 0.05) is 11.8 Å². The first-order valence-electron chi connectivity index (χ1n) is 8.30. The minimum absolute atomic E-state index is 0.0793. The first-order chi connectivity index (χ1) is 12.1. The molecule has 1 aromatic carbocycles. The molecule has 0 amide bonds. The van der Waals surface area contributed by atoms with Crippen molar-refractivity contribution in [3.63, 3.8) is 0 Å². The van der Waals surface area contributed by atoms with Crippen LogP contribution in [0.15, 0.2) is 46.1 Å². The molecule has 25 heavy (non-hydrogen) atoms. The van der Waals surface area contributed by atoms with Gasteiger partial charge in [-0.3, -0.25) is 9.36 Å². The second-order valence-electron chi connectivity index (χ2n) is 6.17. The molecule has 1 aliphatic heterocycles. The molecule has 2 heterocycles. The molecular weight excluding hydrogens is 324 g/mol. The summed E-state index contributed by atoms with van der Waals surface area (Å²) in [5, 5.41) is 9.19. The van der Waals surface area contributed by atoms with Gasteiger partial charge in [0.1, 0.15) is 13.0 Å². The maximum absolute atomic E-state index is 12.7. The summed E-state index contributed by atoms with van der Waals surface area (Å²) in [5.74, 6) is 0. The Hall–Kier alpha value is -2.22. The zero-order chi connectivity index (χ0) is 17.8. The second-order valence-corrected chi connectivity index (χ2v) is 6.17. The molecule has 0 bridgehead atoms. The average Bonchev–Trinajstić information content (AvgIpc) is 3.11. The molecule has 0 unspecified atom stereocenters. The van der Waals surface area contributed by atoms with Crippen molar-refractivity contribution in [2.24, 2.45) is 0 Å². The Balaban J connectivity index is 1.79. The summed E-state index contributed by atoms with van der Waals surface area (Å²) >= 11 is 0. The number of benzene rings is 1. The summed E-state index contributed by atoms with van der Waals surface area (Å²) in [6, 6.07) is 9.55. The van der Waals surface area contributed by atoms with E-state index in [2.05, 4.69) is 0 Å². The maximum atomic E-state index is 12.7. The molecule has 7 heteroatoms. The molecule has 0 spiro atoms. The lowest BCUT2D eigenvalue weighted by molar-refractivity contribution is -0.0269. The van der Waals surface area contributed by atoms with Gasteiger partial charge in [-0.15, -0.1) is 0 Å². The van der Waals surface area contributed by atoms with E-state index in [0.717, 1.165) is 10.1 Å². The summed E-state index contributed by atoms with van der Waals surface area (Å²) < 4.78 is 13.7. The van der Waals surface area contributed by atoms with Gasteiger partial charge in [-0.1, -0.05) is 30.3 Å². The van der Waals surface area contributed by atoms with Gasteiger partial charge < -0.3 is 14.6 Å². The number of aliphatic hydroxyl groups is 1. The first kappa shape index (κ1) is 17.6. The predicted molar refractivity (Wildman–Crippen MR) is 91.2 cm³/mol. The highest BCUT2D eigenvalue weighted by molar-refractivity contribution is 5.13. The van der Waals surface area contributed by atoms with E-state index in [1.807, 2.05) is 30.3 Å². The molecule has 2 aromatic rings. The quantitative estimate of drug-likeness (QED) is 0.849. The lowest BCUT2D eigenvalue weighted by atomic mass is 10.2. The van der Waals surface area contributed by atoms with Crippen LogP contribution in [0.2, 0.25) is 0 Å². The third kappa shape index (κ3) is 3.89. The zero-order valence-electron chi connectivity index (χ0n) is 14.1. The van der Waals surface area contributed by atoms with E-state index in [4.69, 9.17) is 9.47 Å². The van der Waals surface area contributed by atoms with Crippen molar-refractivity contribution in [3.05, 3.63) is 68.5 Å². The number of hydrogen-bond acceptors (Lipinski definition) is 5. The summed E-state index contributed by atoms with van der Waals surface area (Å²) in [6.45, 7) is 1.77. The molecule has 1 aliphatic rings. The summed E-state index contributed by atoms with van der Waals surface area (Å²) in [4.78, 5) is 25.0. The van der Waals surface area contributed by atoms with E-state index in [1.165, 1.54) is 10.8 Å². The van der Waals surface area contributed by atoms with Gasteiger partial charge >= 0.3 is 5.69 Å². The van der Waals surface area contributed by atoms with Crippen LogP contribution in [0.3, 0.4) is 0 Å². The van der Waals surface area contributed by atoms with E-state index < -0.39 is 11.9 Å². The number of rotatable bonds is 6. The smallest absolute Gasteiger partial charge is 0.335 e. The van der Waals surface area contributed by atoms with E-state index in [0.29, 0.717) is 25.0 Å². The summed E-state index contributed by atoms with van der Waals surface area (Å²) in [7, 11) is 0. The van der Waals surface area contributed by atoms with Crippen LogP contribution in [0.25, 0.3) is 0 Å². The molecule has 0 saturated carbocycles. The highest BCUT2D eigenvalue weighted by atomic mass is 16.5. The Morgan fingerprint density at radius 1 is 1.24 bits per heavy atom. The van der Waals surface area contributed by atoms with Crippen LogP contribution in [0.5, 0.6) is 0 Å². The van der Waals surface area contributed by atoms with E-state index in [-0.39, 0.29) is 25.0 Å². The summed E-state index contributed by atoms with van der Waals surface area (Å²) in [5.41, 5.74) is 0.575. The minimum Gasteiger partial charge on any atom is -0.394 e. The molecule has 1 fully saturated rings. The fraction of sp³-hybridized carbons (Fsp3) is 0.444. The normalized spacial score (nSPS) is 20.1. The molecule has 1 N–H and O–H groups in total. The van der Waals surface area contributed by atoms with Gasteiger partial charge in [0.05, 0.1) is 19.3 Å². The number of aromatic nitrogens is 2. The van der Waals surface area contributed by atoms with Gasteiger partial charge in [0.2, 0.25) is 0 Å². The number of aliphatic hydroxyl groups excluding tert-OH is 1. The number of aryl methyl sites for hydroxylation is 1. The monoisotopic (exact) mass is 346 g/mol. The molecule has 0 aliphatic carbocycles. The van der Waals surface area contributed by atoms with Crippen molar-refractivity contribution in [1.82, 2.24) is 9.13 Å². The van der Waals surface area contributed by atoms with Crippen LogP contribution in [-0.2, 0) is 22.8 Å². The maximum Gasteiger partial charge on any atom is 0.335 e. The Labute approximate surface area is 145 Å². The van der Waals surface area contributed by atoms with Gasteiger partial charge in [-0.25, -0.2) is 9.36 Å². The highest BCUT2D eigenvalue weighted by Crippen LogP contribution is 2.26. The SMILES string of the molecule is Cc1cn([C@H]2CC[C@@H](CO)O2)c(=O)n(COCc2ccccc2)c1=O. The van der Waals surface area contributed by atoms with Gasteiger partial charge in [-0.2, -0.15) is 0 Å². The topological polar surface area (TPSA) is 82.7 Å². The third-order valence-electron chi connectivity index (χ3n) is 4.30. The van der Waals surface area contributed by atoms with Crippen LogP contribution < -0.4 is 11.2 Å². The Morgan fingerprint density at radius 2 is 2.00 bits per heavy atom. The number of hydrogen-bond donors (Lipinski definition) is 1. The Bertz CT molecular complexity index is 828. The molecule has 0 radical (unpaired) electrons. The molecule has 1 aromatic heterocycles. The lowest BCUT2D eigenvalue weighted by Gasteiger charge is -2.17. The molecule has 134 valence electrons. The van der Waals surface area contributed by atoms with E-state index in [1.54, 1.807) is 6.92 Å². The van der Waals surface area contributed by atoms with Crippen molar-refractivity contribution in [1.29, 1.82) is 0 Å². The van der Waals surface area contributed by atoms with Crippen LogP contribution in [0.4, 0.5) is 0 Å². The van der Waals surface area contributed by atoms with E-state index >= 15 is 0 Å². The van der Waals surface area contributed by atoms with Crippen molar-refractivity contribution in [2.75, 3.05) is 6.61 Å². The van der Waals surface area contributed by atoms with Gasteiger partial charge in [0.15, 0.2) is 0 Å². The number of ether oxygens (including phenoxy) is 2. The number of nitrogens with zero attached hydrogens (tertiary/aromatic N) is 2. The molecular formula is C18H22N2O5. The van der Waals surface area contributed by atoms with Gasteiger partial charge in [-0.05, 0) is 25.3 Å². The molecule has 7 nitrogen and oxygen atoms in total. The van der Waals surface area contributed by atoms with Crippen LogP contribution in [0, 0.1) is 6.92 Å². The minimum atomic E-state index is -0.468. The largest absolute Gasteiger partial charge is 0.394 e. The second kappa shape index (κ2) is 7.77. The Morgan fingerprint density at radius 3 is 2.68 bits per heavy atom. The molecule has 2 atom stereocenters. The van der Waals surface area contributed by atoms with Crippen molar-refractivity contribution < 1.29 is 14.6 Å². The highest BCUT2D eigenvalue weighted by Gasteiger charge is 2.27. The van der Waals surface area contributed by atoms with Crippen molar-refractivity contribution >= 4 is 0 Å².